The van der Waals surface area contributed by atoms with Gasteiger partial charge in [0.15, 0.2) is 0 Å². The lowest BCUT2D eigenvalue weighted by Gasteiger charge is -2.12. The Bertz CT molecular complexity index is 1120. The Morgan fingerprint density at radius 3 is 2.78 bits per heavy atom. The van der Waals surface area contributed by atoms with E-state index in [1.54, 1.807) is 54.6 Å². The third-order valence-corrected chi connectivity index (χ3v) is 4.15. The minimum Gasteiger partial charge on any atom is -0.506 e. The van der Waals surface area contributed by atoms with E-state index in [0.717, 1.165) is 0 Å². The van der Waals surface area contributed by atoms with Gasteiger partial charge >= 0.3 is 0 Å². The fraction of sp³-hybridized carbons (Fsp3) is 0.0500. The average Bonchev–Trinajstić information content (AvgIpc) is 2.65. The first-order valence-corrected chi connectivity index (χ1v) is 8.45. The number of pyridine rings is 1. The summed E-state index contributed by atoms with van der Waals surface area (Å²) in [6.07, 6.45) is 2.94. The number of nitrogens with zero attached hydrogens (tertiary/aromatic N) is 2. The number of amides is 1. The quantitative estimate of drug-likeness (QED) is 0.404. The van der Waals surface area contributed by atoms with E-state index >= 15 is 0 Å². The Morgan fingerprint density at radius 1 is 1.26 bits per heavy atom. The second kappa shape index (κ2) is 7.88. The van der Waals surface area contributed by atoms with Gasteiger partial charge in [-0.1, -0.05) is 41.9 Å². The Hall–Kier alpha value is -3.38. The van der Waals surface area contributed by atoms with Crippen molar-refractivity contribution in [3.63, 3.8) is 0 Å². The van der Waals surface area contributed by atoms with Gasteiger partial charge in [-0.3, -0.25) is 9.59 Å². The van der Waals surface area contributed by atoms with E-state index in [4.69, 9.17) is 11.6 Å². The average molecular weight is 382 g/mol. The summed E-state index contributed by atoms with van der Waals surface area (Å²) in [6.45, 7) is 3.83. The SMILES string of the molecule is C=CCn1c(=O)c(C(=O)NN=Cc2cccc(Cl)c2)c(O)c2ccccc21. The van der Waals surface area contributed by atoms with Crippen LogP contribution in [-0.4, -0.2) is 21.8 Å². The van der Waals surface area contributed by atoms with Crippen LogP contribution in [0.2, 0.25) is 5.02 Å². The molecule has 1 amide bonds. The fourth-order valence-corrected chi connectivity index (χ4v) is 2.91. The number of rotatable bonds is 5. The molecule has 0 aliphatic rings. The van der Waals surface area contributed by atoms with Crippen LogP contribution >= 0.6 is 11.6 Å². The highest BCUT2D eigenvalue weighted by molar-refractivity contribution is 6.30. The molecule has 0 spiro atoms. The largest absolute Gasteiger partial charge is 0.506 e. The summed E-state index contributed by atoms with van der Waals surface area (Å²) in [6, 6.07) is 13.7. The monoisotopic (exact) mass is 381 g/mol. The van der Waals surface area contributed by atoms with E-state index in [1.165, 1.54) is 10.8 Å². The molecular formula is C20H16ClN3O3. The molecule has 0 aliphatic heterocycles. The molecule has 136 valence electrons. The number of aromatic nitrogens is 1. The molecule has 0 radical (unpaired) electrons. The first-order valence-electron chi connectivity index (χ1n) is 8.07. The molecule has 0 atom stereocenters. The number of aromatic hydroxyl groups is 1. The van der Waals surface area contributed by atoms with Gasteiger partial charge in [0.25, 0.3) is 11.5 Å². The minimum absolute atomic E-state index is 0.200. The molecule has 6 nitrogen and oxygen atoms in total. The van der Waals surface area contributed by atoms with Crippen molar-refractivity contribution in [1.82, 2.24) is 9.99 Å². The molecule has 1 heterocycles. The van der Waals surface area contributed by atoms with Crippen LogP contribution in [0.4, 0.5) is 0 Å². The number of nitrogens with one attached hydrogen (secondary N) is 1. The van der Waals surface area contributed by atoms with Crippen molar-refractivity contribution in [3.05, 3.63) is 87.7 Å². The normalized spacial score (nSPS) is 11.0. The molecule has 3 rings (SSSR count). The number of carbonyl (C=O) groups excluding carboxylic acids is 1. The van der Waals surface area contributed by atoms with E-state index in [9.17, 15) is 14.7 Å². The van der Waals surface area contributed by atoms with Crippen LogP contribution in [0.15, 0.2) is 71.1 Å². The van der Waals surface area contributed by atoms with Crippen LogP contribution < -0.4 is 11.0 Å². The summed E-state index contributed by atoms with van der Waals surface area (Å²) in [5.74, 6) is -1.19. The third kappa shape index (κ3) is 3.75. The highest BCUT2D eigenvalue weighted by Crippen LogP contribution is 2.26. The molecule has 3 aromatic rings. The number of fused-ring (bicyclic) bond motifs is 1. The molecule has 7 heteroatoms. The number of hydrogen-bond donors (Lipinski definition) is 2. The van der Waals surface area contributed by atoms with Crippen LogP contribution in [0.5, 0.6) is 5.75 Å². The van der Waals surface area contributed by atoms with Crippen LogP contribution in [0.1, 0.15) is 15.9 Å². The molecule has 0 aliphatic carbocycles. The lowest BCUT2D eigenvalue weighted by atomic mass is 10.1. The van der Waals surface area contributed by atoms with Crippen molar-refractivity contribution in [1.29, 1.82) is 0 Å². The van der Waals surface area contributed by atoms with E-state index in [0.29, 0.717) is 21.5 Å². The van der Waals surface area contributed by atoms with E-state index in [1.807, 2.05) is 0 Å². The van der Waals surface area contributed by atoms with Crippen LogP contribution in [0.25, 0.3) is 10.9 Å². The summed E-state index contributed by atoms with van der Waals surface area (Å²) in [7, 11) is 0. The summed E-state index contributed by atoms with van der Waals surface area (Å²) in [5, 5.41) is 15.2. The van der Waals surface area contributed by atoms with Crippen molar-refractivity contribution < 1.29 is 9.90 Å². The minimum atomic E-state index is -0.806. The summed E-state index contributed by atoms with van der Waals surface area (Å²) in [4.78, 5) is 25.2. The number of carbonyl (C=O) groups is 1. The molecular weight excluding hydrogens is 366 g/mol. The highest BCUT2D eigenvalue weighted by atomic mass is 35.5. The molecule has 0 fully saturated rings. The Balaban J connectivity index is 1.99. The van der Waals surface area contributed by atoms with Gasteiger partial charge in [-0.25, -0.2) is 5.43 Å². The molecule has 0 unspecified atom stereocenters. The van der Waals surface area contributed by atoms with Crippen LogP contribution in [0.3, 0.4) is 0 Å². The predicted molar refractivity (Wildman–Crippen MR) is 107 cm³/mol. The highest BCUT2D eigenvalue weighted by Gasteiger charge is 2.21. The van der Waals surface area contributed by atoms with Gasteiger partial charge in [0, 0.05) is 17.0 Å². The fourth-order valence-electron chi connectivity index (χ4n) is 2.71. The molecule has 2 aromatic carbocycles. The van der Waals surface area contributed by atoms with Gasteiger partial charge in [-0.05, 0) is 29.8 Å². The second-order valence-corrected chi connectivity index (χ2v) is 6.14. The summed E-state index contributed by atoms with van der Waals surface area (Å²) in [5.41, 5.74) is 2.46. The Kier molecular flexibility index (Phi) is 5.38. The van der Waals surface area contributed by atoms with Crippen LogP contribution in [0, 0.1) is 0 Å². The van der Waals surface area contributed by atoms with Crippen molar-refractivity contribution in [2.75, 3.05) is 0 Å². The van der Waals surface area contributed by atoms with E-state index < -0.39 is 11.5 Å². The van der Waals surface area contributed by atoms with Crippen molar-refractivity contribution in [2.45, 2.75) is 6.54 Å². The number of allylic oxidation sites excluding steroid dienone is 1. The van der Waals surface area contributed by atoms with Gasteiger partial charge in [0.2, 0.25) is 0 Å². The molecule has 27 heavy (non-hydrogen) atoms. The Morgan fingerprint density at radius 2 is 2.04 bits per heavy atom. The van der Waals surface area contributed by atoms with Crippen molar-refractivity contribution in [2.24, 2.45) is 5.10 Å². The van der Waals surface area contributed by atoms with Gasteiger partial charge in [0.1, 0.15) is 11.3 Å². The molecule has 1 aromatic heterocycles. The number of para-hydroxylation sites is 1. The predicted octanol–water partition coefficient (Wildman–Crippen LogP) is 3.31. The standard InChI is InChI=1S/C20H16ClN3O3/c1-2-10-24-16-9-4-3-8-15(16)18(25)17(20(24)27)19(26)23-22-12-13-6-5-7-14(21)11-13/h2-9,11-12,25H,1,10H2,(H,23,26). The van der Waals surface area contributed by atoms with E-state index in [2.05, 4.69) is 17.1 Å². The van der Waals surface area contributed by atoms with Crippen LogP contribution in [-0.2, 0) is 6.54 Å². The zero-order chi connectivity index (χ0) is 19.4. The van der Waals surface area contributed by atoms with Gasteiger partial charge < -0.3 is 9.67 Å². The molecule has 0 bridgehead atoms. The smallest absolute Gasteiger partial charge is 0.280 e. The third-order valence-electron chi connectivity index (χ3n) is 3.91. The molecule has 0 saturated carbocycles. The van der Waals surface area contributed by atoms with E-state index in [-0.39, 0.29) is 17.9 Å². The number of benzene rings is 2. The van der Waals surface area contributed by atoms with Crippen molar-refractivity contribution in [3.8, 4) is 5.75 Å². The number of hydrazone groups is 1. The summed E-state index contributed by atoms with van der Waals surface area (Å²) < 4.78 is 1.37. The van der Waals surface area contributed by atoms with Crippen molar-refractivity contribution >= 4 is 34.6 Å². The first-order chi connectivity index (χ1) is 13.0. The first kappa shape index (κ1) is 18.4. The number of hydrogen-bond acceptors (Lipinski definition) is 4. The topological polar surface area (TPSA) is 83.7 Å². The Labute approximate surface area is 160 Å². The number of halogens is 1. The summed E-state index contributed by atoms with van der Waals surface area (Å²) >= 11 is 5.89. The molecule has 0 saturated heterocycles. The maximum Gasteiger partial charge on any atom is 0.280 e. The molecule has 2 N–H and O–H groups in total. The maximum atomic E-state index is 12.7. The lowest BCUT2D eigenvalue weighted by Crippen LogP contribution is -2.31. The lowest BCUT2D eigenvalue weighted by molar-refractivity contribution is 0.0950. The zero-order valence-electron chi connectivity index (χ0n) is 14.2. The van der Waals surface area contributed by atoms with Gasteiger partial charge in [-0.15, -0.1) is 6.58 Å². The second-order valence-electron chi connectivity index (χ2n) is 5.70. The maximum absolute atomic E-state index is 12.7. The van der Waals surface area contributed by atoms with Gasteiger partial charge in [-0.2, -0.15) is 5.10 Å². The van der Waals surface area contributed by atoms with Gasteiger partial charge in [0.05, 0.1) is 11.7 Å². The zero-order valence-corrected chi connectivity index (χ0v) is 15.0.